The third-order valence-electron chi connectivity index (χ3n) is 0.817. The number of aliphatic hydroxyl groups is 1. The van der Waals surface area contributed by atoms with Gasteiger partial charge in [0.15, 0.2) is 0 Å². The molecular formula is C3H8NO6P. The standard InChI is InChI=1S/C3H8NO6P/c4-3(7,2(5)6)1-11(8,9)10/h7H,1,4H2,(H,5,6)(H2,8,9,10). The highest BCUT2D eigenvalue weighted by molar-refractivity contribution is 7.51. The molecule has 0 radical (unpaired) electrons. The Morgan fingerprint density at radius 3 is 2.00 bits per heavy atom. The first-order valence-electron chi connectivity index (χ1n) is 2.44. The zero-order valence-corrected chi connectivity index (χ0v) is 6.23. The predicted octanol–water partition coefficient (Wildman–Crippen LogP) is -2.10. The van der Waals surface area contributed by atoms with Crippen molar-refractivity contribution in [2.75, 3.05) is 6.16 Å². The van der Waals surface area contributed by atoms with E-state index < -0.39 is 25.5 Å². The molecule has 11 heavy (non-hydrogen) atoms. The Bertz CT molecular complexity index is 206. The fourth-order valence-electron chi connectivity index (χ4n) is 0.382. The molecular weight excluding hydrogens is 177 g/mol. The first-order chi connectivity index (χ1) is 4.65. The van der Waals surface area contributed by atoms with Gasteiger partial charge in [-0.25, -0.2) is 4.79 Å². The summed E-state index contributed by atoms with van der Waals surface area (Å²) in [7, 11) is -4.60. The van der Waals surface area contributed by atoms with E-state index in [1.165, 1.54) is 0 Å². The van der Waals surface area contributed by atoms with E-state index in [1.54, 1.807) is 0 Å². The summed E-state index contributed by atoms with van der Waals surface area (Å²) in [6, 6.07) is 0. The van der Waals surface area contributed by atoms with Crippen LogP contribution in [0.4, 0.5) is 0 Å². The van der Waals surface area contributed by atoms with Crippen LogP contribution in [0.5, 0.6) is 0 Å². The molecule has 0 aromatic carbocycles. The van der Waals surface area contributed by atoms with Crippen LogP contribution < -0.4 is 5.73 Å². The molecule has 0 heterocycles. The second-order valence-corrected chi connectivity index (χ2v) is 3.70. The lowest BCUT2D eigenvalue weighted by molar-refractivity contribution is -0.155. The molecule has 1 unspecified atom stereocenters. The van der Waals surface area contributed by atoms with Crippen molar-refractivity contribution in [3.8, 4) is 0 Å². The van der Waals surface area contributed by atoms with Crippen molar-refractivity contribution in [3.05, 3.63) is 0 Å². The fraction of sp³-hybridized carbons (Fsp3) is 0.667. The maximum absolute atomic E-state index is 10.1. The lowest BCUT2D eigenvalue weighted by Crippen LogP contribution is -2.50. The van der Waals surface area contributed by atoms with Crippen molar-refractivity contribution < 1.29 is 29.4 Å². The lowest BCUT2D eigenvalue weighted by atomic mass is 10.3. The monoisotopic (exact) mass is 185 g/mol. The van der Waals surface area contributed by atoms with Crippen molar-refractivity contribution in [2.24, 2.45) is 5.73 Å². The molecule has 6 N–H and O–H groups in total. The fourth-order valence-corrected chi connectivity index (χ4v) is 1.14. The molecule has 0 saturated carbocycles. The molecule has 0 saturated heterocycles. The highest BCUT2D eigenvalue weighted by Crippen LogP contribution is 2.36. The lowest BCUT2D eigenvalue weighted by Gasteiger charge is -2.17. The van der Waals surface area contributed by atoms with Gasteiger partial charge in [-0.15, -0.1) is 0 Å². The zero-order valence-electron chi connectivity index (χ0n) is 5.34. The molecule has 0 spiro atoms. The van der Waals surface area contributed by atoms with Gasteiger partial charge in [0.25, 0.3) is 0 Å². The molecule has 0 aromatic rings. The van der Waals surface area contributed by atoms with Crippen molar-refractivity contribution in [2.45, 2.75) is 5.72 Å². The summed E-state index contributed by atoms with van der Waals surface area (Å²) >= 11 is 0. The molecule has 0 aliphatic rings. The third kappa shape index (κ3) is 4.07. The number of rotatable bonds is 3. The van der Waals surface area contributed by atoms with Crippen molar-refractivity contribution in [1.82, 2.24) is 0 Å². The Kier molecular flexibility index (Phi) is 2.76. The molecule has 7 nitrogen and oxygen atoms in total. The van der Waals surface area contributed by atoms with Crippen molar-refractivity contribution >= 4 is 13.6 Å². The van der Waals surface area contributed by atoms with E-state index in [2.05, 4.69) is 5.73 Å². The highest BCUT2D eigenvalue weighted by Gasteiger charge is 2.38. The van der Waals surface area contributed by atoms with Crippen LogP contribution >= 0.6 is 7.60 Å². The van der Waals surface area contributed by atoms with Gasteiger partial charge in [-0.1, -0.05) is 0 Å². The van der Waals surface area contributed by atoms with Gasteiger partial charge in [-0.3, -0.25) is 10.3 Å². The van der Waals surface area contributed by atoms with Crippen LogP contribution in [-0.2, 0) is 9.36 Å². The van der Waals surface area contributed by atoms with Crippen molar-refractivity contribution in [3.63, 3.8) is 0 Å². The summed E-state index contributed by atoms with van der Waals surface area (Å²) < 4.78 is 10.1. The summed E-state index contributed by atoms with van der Waals surface area (Å²) in [5, 5.41) is 16.7. The topological polar surface area (TPSA) is 141 Å². The summed E-state index contributed by atoms with van der Waals surface area (Å²) in [5.41, 5.74) is 1.75. The van der Waals surface area contributed by atoms with Crippen LogP contribution in [0.3, 0.4) is 0 Å². The minimum absolute atomic E-state index is 1.30. The minimum Gasteiger partial charge on any atom is -0.478 e. The first kappa shape index (κ1) is 10.5. The first-order valence-corrected chi connectivity index (χ1v) is 4.24. The Hall–Kier alpha value is -0.460. The van der Waals surface area contributed by atoms with Gasteiger partial charge in [-0.05, 0) is 0 Å². The molecule has 0 rings (SSSR count). The maximum atomic E-state index is 10.1. The average Bonchev–Trinajstić information content (AvgIpc) is 1.56. The average molecular weight is 185 g/mol. The number of nitrogens with two attached hydrogens (primary N) is 1. The molecule has 0 bridgehead atoms. The predicted molar refractivity (Wildman–Crippen MR) is 33.7 cm³/mol. The van der Waals surface area contributed by atoms with Gasteiger partial charge in [0, 0.05) is 0 Å². The molecule has 0 fully saturated rings. The molecule has 0 aliphatic heterocycles. The summed E-state index contributed by atoms with van der Waals surface area (Å²) in [4.78, 5) is 26.4. The zero-order chi connectivity index (χ0) is 9.28. The minimum atomic E-state index is -4.60. The van der Waals surface area contributed by atoms with Gasteiger partial charge in [0.05, 0.1) is 0 Å². The van der Waals surface area contributed by atoms with Crippen molar-refractivity contribution in [1.29, 1.82) is 0 Å². The Labute approximate surface area is 61.6 Å². The van der Waals surface area contributed by atoms with E-state index >= 15 is 0 Å². The van der Waals surface area contributed by atoms with Gasteiger partial charge < -0.3 is 20.0 Å². The van der Waals surface area contributed by atoms with E-state index in [4.69, 9.17) is 20.0 Å². The van der Waals surface area contributed by atoms with Gasteiger partial charge in [0.1, 0.15) is 6.16 Å². The van der Waals surface area contributed by atoms with Crippen LogP contribution in [0.25, 0.3) is 0 Å². The Balaban J connectivity index is 4.37. The van der Waals surface area contributed by atoms with Gasteiger partial charge in [0.2, 0.25) is 5.72 Å². The van der Waals surface area contributed by atoms with E-state index in [0.717, 1.165) is 0 Å². The number of aliphatic carboxylic acids is 1. The smallest absolute Gasteiger partial charge is 0.351 e. The van der Waals surface area contributed by atoms with Crippen LogP contribution in [0.15, 0.2) is 0 Å². The SMILES string of the molecule is NC(O)(CP(=O)(O)O)C(=O)O. The highest BCUT2D eigenvalue weighted by atomic mass is 31.2. The maximum Gasteiger partial charge on any atom is 0.351 e. The van der Waals surface area contributed by atoms with Crippen LogP contribution in [0.1, 0.15) is 0 Å². The van der Waals surface area contributed by atoms with E-state index in [-0.39, 0.29) is 0 Å². The molecule has 8 heteroatoms. The number of hydrogen-bond donors (Lipinski definition) is 5. The summed E-state index contributed by atoms with van der Waals surface area (Å²) in [5.74, 6) is -1.87. The van der Waals surface area contributed by atoms with E-state index in [1.807, 2.05) is 0 Å². The quantitative estimate of drug-likeness (QED) is 0.250. The van der Waals surface area contributed by atoms with Crippen LogP contribution in [0, 0.1) is 0 Å². The second kappa shape index (κ2) is 2.88. The third-order valence-corrected chi connectivity index (χ3v) is 1.71. The van der Waals surface area contributed by atoms with Gasteiger partial charge in [-0.2, -0.15) is 0 Å². The van der Waals surface area contributed by atoms with Crippen LogP contribution in [0.2, 0.25) is 0 Å². The van der Waals surface area contributed by atoms with Crippen LogP contribution in [-0.4, -0.2) is 37.9 Å². The molecule has 0 amide bonds. The Morgan fingerprint density at radius 2 is 1.91 bits per heavy atom. The number of carboxylic acid groups (broad SMARTS) is 1. The normalized spacial score (nSPS) is 17.5. The largest absolute Gasteiger partial charge is 0.478 e. The summed E-state index contributed by atoms with van der Waals surface area (Å²) in [6.07, 6.45) is -1.30. The molecule has 0 aromatic heterocycles. The van der Waals surface area contributed by atoms with E-state index in [9.17, 15) is 9.36 Å². The van der Waals surface area contributed by atoms with E-state index in [0.29, 0.717) is 0 Å². The summed E-state index contributed by atoms with van der Waals surface area (Å²) in [6.45, 7) is 0. The van der Waals surface area contributed by atoms with Gasteiger partial charge >= 0.3 is 13.6 Å². The Morgan fingerprint density at radius 1 is 1.55 bits per heavy atom. The number of carboxylic acids is 1. The number of carbonyl (C=O) groups is 1. The molecule has 66 valence electrons. The molecule has 1 atom stereocenters. The second-order valence-electron chi connectivity index (χ2n) is 2.05. The number of hydrogen-bond acceptors (Lipinski definition) is 4. The molecule has 0 aliphatic carbocycles.